The van der Waals surface area contributed by atoms with E-state index in [0.717, 1.165) is 38.2 Å². The SMILES string of the molecule is Nc1nc2c(-c3cc(Br)c(-c4ccccc4)[nH]3)nccc2[nH]1.O=C(O)C(F)(F)F.O=C(O)C(F)(F)F. The fourth-order valence-corrected chi connectivity index (χ4v) is 3.08. The minimum Gasteiger partial charge on any atom is -0.475 e. The topological polar surface area (TPSA) is 158 Å². The first-order chi connectivity index (χ1) is 16.6. The van der Waals surface area contributed by atoms with Gasteiger partial charge >= 0.3 is 24.3 Å². The van der Waals surface area contributed by atoms with Crippen molar-refractivity contribution in [2.75, 3.05) is 5.73 Å². The molecule has 0 spiro atoms. The van der Waals surface area contributed by atoms with Crippen molar-refractivity contribution in [1.29, 1.82) is 0 Å². The van der Waals surface area contributed by atoms with Gasteiger partial charge in [0.15, 0.2) is 5.95 Å². The summed E-state index contributed by atoms with van der Waals surface area (Å²) in [7, 11) is 0. The van der Waals surface area contributed by atoms with Gasteiger partial charge in [-0.2, -0.15) is 26.3 Å². The third-order valence-corrected chi connectivity index (χ3v) is 4.62. The van der Waals surface area contributed by atoms with Gasteiger partial charge in [-0.05, 0) is 33.6 Å². The molecule has 0 saturated heterocycles. The molecule has 192 valence electrons. The molecule has 0 unspecified atom stereocenters. The van der Waals surface area contributed by atoms with E-state index < -0.39 is 24.3 Å². The lowest BCUT2D eigenvalue weighted by Gasteiger charge is -2.00. The molecule has 9 nitrogen and oxygen atoms in total. The first-order valence-corrected chi connectivity index (χ1v) is 10.0. The second-order valence-electron chi connectivity index (χ2n) is 6.56. The number of aromatic nitrogens is 4. The number of hydrogen-bond acceptors (Lipinski definition) is 5. The predicted octanol–water partition coefficient (Wildman–Crippen LogP) is 5.23. The third-order valence-electron chi connectivity index (χ3n) is 3.99. The number of carboxylic acid groups (broad SMARTS) is 2. The Morgan fingerprint density at radius 1 is 0.917 bits per heavy atom. The van der Waals surface area contributed by atoms with Crippen LogP contribution in [0.15, 0.2) is 53.1 Å². The minimum atomic E-state index is -5.08. The molecule has 6 N–H and O–H groups in total. The molecule has 0 amide bonds. The van der Waals surface area contributed by atoms with E-state index in [1.807, 2.05) is 30.3 Å². The van der Waals surface area contributed by atoms with Crippen LogP contribution in [0.5, 0.6) is 0 Å². The van der Waals surface area contributed by atoms with Crippen LogP contribution >= 0.6 is 15.9 Å². The van der Waals surface area contributed by atoms with Gasteiger partial charge < -0.3 is 25.9 Å². The van der Waals surface area contributed by atoms with E-state index in [9.17, 15) is 26.3 Å². The van der Waals surface area contributed by atoms with Crippen LogP contribution in [0, 0.1) is 0 Å². The number of imidazole rings is 1. The molecule has 0 radical (unpaired) electrons. The van der Waals surface area contributed by atoms with E-state index in [-0.39, 0.29) is 0 Å². The van der Waals surface area contributed by atoms with Crippen molar-refractivity contribution in [1.82, 2.24) is 19.9 Å². The minimum absolute atomic E-state index is 0.387. The molecule has 3 heterocycles. The number of anilines is 1. The maximum atomic E-state index is 10.6. The number of aliphatic carboxylic acids is 2. The van der Waals surface area contributed by atoms with Gasteiger partial charge in [0, 0.05) is 10.7 Å². The van der Waals surface area contributed by atoms with Crippen LogP contribution in [-0.4, -0.2) is 54.4 Å². The number of halogens is 7. The zero-order chi connectivity index (χ0) is 27.3. The molecule has 0 atom stereocenters. The first kappa shape index (κ1) is 28.2. The molecule has 36 heavy (non-hydrogen) atoms. The Morgan fingerprint density at radius 2 is 1.44 bits per heavy atom. The highest BCUT2D eigenvalue weighted by Crippen LogP contribution is 2.34. The number of pyridine rings is 1. The third kappa shape index (κ3) is 7.46. The van der Waals surface area contributed by atoms with E-state index >= 15 is 0 Å². The number of nitrogens with one attached hydrogen (secondary N) is 2. The van der Waals surface area contributed by atoms with E-state index in [1.54, 1.807) is 6.20 Å². The Hall–Kier alpha value is -4.08. The van der Waals surface area contributed by atoms with Crippen molar-refractivity contribution in [3.8, 4) is 22.6 Å². The lowest BCUT2D eigenvalue weighted by Crippen LogP contribution is -2.21. The summed E-state index contributed by atoms with van der Waals surface area (Å²) in [6, 6.07) is 14.0. The van der Waals surface area contributed by atoms with E-state index in [2.05, 4.69) is 48.0 Å². The number of aromatic amines is 2. The van der Waals surface area contributed by atoms with Crippen molar-refractivity contribution >= 4 is 44.9 Å². The number of nitrogens with zero attached hydrogens (tertiary/aromatic N) is 2. The fourth-order valence-electron chi connectivity index (χ4n) is 2.52. The fraction of sp³-hybridized carbons (Fsp3) is 0.100. The van der Waals surface area contributed by atoms with Crippen molar-refractivity contribution in [2.24, 2.45) is 0 Å². The summed E-state index contributed by atoms with van der Waals surface area (Å²) in [5, 5.41) is 14.2. The summed E-state index contributed by atoms with van der Waals surface area (Å²) >= 11 is 3.61. The molecule has 0 aliphatic carbocycles. The predicted molar refractivity (Wildman–Crippen MR) is 119 cm³/mol. The number of carboxylic acids is 2. The maximum absolute atomic E-state index is 10.6. The van der Waals surface area contributed by atoms with Crippen LogP contribution in [0.3, 0.4) is 0 Å². The van der Waals surface area contributed by atoms with Gasteiger partial charge in [-0.3, -0.25) is 4.98 Å². The Balaban J connectivity index is 0.000000271. The molecule has 1 aromatic carbocycles. The first-order valence-electron chi connectivity index (χ1n) is 9.26. The zero-order valence-electron chi connectivity index (χ0n) is 17.4. The summed E-state index contributed by atoms with van der Waals surface area (Å²) in [6.45, 7) is 0. The Labute approximate surface area is 205 Å². The summed E-state index contributed by atoms with van der Waals surface area (Å²) in [4.78, 5) is 33.0. The second kappa shape index (κ2) is 11.1. The average molecular weight is 582 g/mol. The number of benzene rings is 1. The van der Waals surface area contributed by atoms with Gasteiger partial charge in [0.05, 0.1) is 16.9 Å². The Kier molecular flexibility index (Phi) is 8.69. The van der Waals surface area contributed by atoms with Crippen molar-refractivity contribution in [3.63, 3.8) is 0 Å². The van der Waals surface area contributed by atoms with Crippen LogP contribution in [0.1, 0.15) is 0 Å². The van der Waals surface area contributed by atoms with Gasteiger partial charge in [-0.1, -0.05) is 30.3 Å². The van der Waals surface area contributed by atoms with Crippen molar-refractivity contribution in [2.45, 2.75) is 12.4 Å². The molecule has 0 bridgehead atoms. The number of nitrogens with two attached hydrogens (primary N) is 1. The molecular weight excluding hydrogens is 568 g/mol. The molecule has 4 aromatic rings. The van der Waals surface area contributed by atoms with Crippen LogP contribution in [0.2, 0.25) is 0 Å². The summed E-state index contributed by atoms with van der Waals surface area (Å²) in [5.41, 5.74) is 11.2. The maximum Gasteiger partial charge on any atom is 0.490 e. The van der Waals surface area contributed by atoms with Gasteiger partial charge in [-0.15, -0.1) is 0 Å². The second-order valence-corrected chi connectivity index (χ2v) is 7.41. The number of carbonyl (C=O) groups is 2. The molecule has 3 aromatic heterocycles. The molecule has 0 aliphatic rings. The highest BCUT2D eigenvalue weighted by Gasteiger charge is 2.38. The number of alkyl halides is 6. The summed E-state index contributed by atoms with van der Waals surface area (Å²) in [5.74, 6) is -5.13. The summed E-state index contributed by atoms with van der Waals surface area (Å²) < 4.78 is 64.5. The molecule has 4 rings (SSSR count). The zero-order valence-corrected chi connectivity index (χ0v) is 19.0. The molecule has 0 fully saturated rings. The largest absolute Gasteiger partial charge is 0.490 e. The van der Waals surface area contributed by atoms with Crippen molar-refractivity contribution < 1.29 is 46.1 Å². The molecular formula is C20H14BrF6N5O4. The van der Waals surface area contributed by atoms with E-state index in [0.29, 0.717) is 5.95 Å². The lowest BCUT2D eigenvalue weighted by molar-refractivity contribution is -0.193. The number of H-pyrrole nitrogens is 2. The van der Waals surface area contributed by atoms with E-state index in [1.165, 1.54) is 0 Å². The highest BCUT2D eigenvalue weighted by atomic mass is 79.9. The van der Waals surface area contributed by atoms with Gasteiger partial charge in [0.2, 0.25) is 0 Å². The molecule has 16 heteroatoms. The van der Waals surface area contributed by atoms with Gasteiger partial charge in [0.1, 0.15) is 11.2 Å². The van der Waals surface area contributed by atoms with Crippen molar-refractivity contribution in [3.05, 3.63) is 53.1 Å². The quantitative estimate of drug-likeness (QED) is 0.203. The molecule has 0 saturated carbocycles. The lowest BCUT2D eigenvalue weighted by atomic mass is 10.2. The average Bonchev–Trinajstić information content (AvgIpc) is 3.35. The number of fused-ring (bicyclic) bond motifs is 1. The highest BCUT2D eigenvalue weighted by molar-refractivity contribution is 9.10. The summed E-state index contributed by atoms with van der Waals surface area (Å²) in [6.07, 6.45) is -8.42. The van der Waals surface area contributed by atoms with Crippen LogP contribution in [-0.2, 0) is 9.59 Å². The monoisotopic (exact) mass is 581 g/mol. The number of nitrogen functional groups attached to an aromatic ring is 1. The smallest absolute Gasteiger partial charge is 0.475 e. The standard InChI is InChI=1S/C16H12BrN5.2C2HF3O2/c17-10-8-12(20-13(10)9-4-2-1-3-5-9)14-15-11(6-7-19-14)21-16(18)22-15;2*3-2(4,5)1(6)7/h1-8,20H,(H3,18,21,22);2*(H,6,7). The van der Waals surface area contributed by atoms with Crippen LogP contribution in [0.4, 0.5) is 32.3 Å². The Bertz CT molecular complexity index is 1330. The van der Waals surface area contributed by atoms with Gasteiger partial charge in [0.25, 0.3) is 0 Å². The molecule has 0 aliphatic heterocycles. The van der Waals surface area contributed by atoms with E-state index in [4.69, 9.17) is 25.5 Å². The number of rotatable bonds is 2. The Morgan fingerprint density at radius 3 is 1.94 bits per heavy atom. The van der Waals surface area contributed by atoms with Gasteiger partial charge in [-0.25, -0.2) is 14.6 Å². The normalized spacial score (nSPS) is 11.2. The van der Waals surface area contributed by atoms with Crippen LogP contribution in [0.25, 0.3) is 33.7 Å². The van der Waals surface area contributed by atoms with Crippen LogP contribution < -0.4 is 5.73 Å². The number of hydrogen-bond donors (Lipinski definition) is 5.